The van der Waals surface area contributed by atoms with Crippen molar-refractivity contribution in [3.63, 3.8) is 0 Å². The van der Waals surface area contributed by atoms with Crippen LogP contribution in [0.2, 0.25) is 0 Å². The first-order valence-corrected chi connectivity index (χ1v) is 8.71. The van der Waals surface area contributed by atoms with Crippen LogP contribution in [-0.4, -0.2) is 44.5 Å². The van der Waals surface area contributed by atoms with Gasteiger partial charge in [-0.25, -0.2) is 13.1 Å². The third-order valence-electron chi connectivity index (χ3n) is 3.19. The number of hydrogen-bond acceptors (Lipinski definition) is 5. The lowest BCUT2D eigenvalue weighted by atomic mass is 10.1. The average Bonchev–Trinajstić information content (AvgIpc) is 2.70. The van der Waals surface area contributed by atoms with Crippen LogP contribution in [0, 0.1) is 6.92 Å². The number of thiazole rings is 1. The lowest BCUT2D eigenvalue weighted by Gasteiger charge is -2.26. The highest BCUT2D eigenvalue weighted by Crippen LogP contribution is 2.15. The summed E-state index contributed by atoms with van der Waals surface area (Å²) in [5.74, 6) is 0. The molecule has 6 nitrogen and oxygen atoms in total. The Hall–Kier alpha value is -0.700. The molecule has 0 bridgehead atoms. The highest BCUT2D eigenvalue weighted by molar-refractivity contribution is 7.91. The molecule has 0 unspecified atom stereocenters. The van der Waals surface area contributed by atoms with Crippen molar-refractivity contribution in [1.29, 1.82) is 0 Å². The molecule has 2 N–H and O–H groups in total. The van der Waals surface area contributed by atoms with Crippen LogP contribution in [0.25, 0.3) is 0 Å². The Balaban J connectivity index is 1.91. The minimum Gasteiger partial charge on any atom is -0.315 e. The van der Waals surface area contributed by atoms with Crippen molar-refractivity contribution in [3.05, 3.63) is 15.4 Å². The number of nitrogens with one attached hydrogen (secondary N) is 2. The van der Waals surface area contributed by atoms with Gasteiger partial charge in [-0.05, 0) is 32.9 Å². The number of hydrogen-bond donors (Lipinski definition) is 2. The van der Waals surface area contributed by atoms with E-state index in [1.54, 1.807) is 6.92 Å². The fourth-order valence-electron chi connectivity index (χ4n) is 2.23. The van der Waals surface area contributed by atoms with Crippen LogP contribution in [0.15, 0.2) is 9.00 Å². The van der Waals surface area contributed by atoms with Crippen molar-refractivity contribution in [3.8, 4) is 0 Å². The van der Waals surface area contributed by atoms with E-state index in [0.717, 1.165) is 31.0 Å². The first kappa shape index (κ1) is 14.7. The Morgan fingerprint density at radius 3 is 2.58 bits per heavy atom. The van der Waals surface area contributed by atoms with Gasteiger partial charge in [0.1, 0.15) is 0 Å². The molecule has 8 heteroatoms. The monoisotopic (exact) mass is 305 g/mol. The average molecular weight is 305 g/mol. The number of aryl methyl sites for hydroxylation is 1. The Labute approximate surface area is 116 Å². The lowest BCUT2D eigenvalue weighted by Crippen LogP contribution is -2.37. The first-order chi connectivity index (χ1) is 8.99. The molecule has 0 aromatic carbocycles. The Bertz CT molecular complexity index is 570. The maximum absolute atomic E-state index is 12.0. The largest absolute Gasteiger partial charge is 0.315 e. The molecule has 19 heavy (non-hydrogen) atoms. The van der Waals surface area contributed by atoms with E-state index in [9.17, 15) is 13.2 Å². The molecule has 1 aromatic heterocycles. The summed E-state index contributed by atoms with van der Waals surface area (Å²) in [5, 5.41) is 0. The zero-order valence-electron chi connectivity index (χ0n) is 10.9. The second kappa shape index (κ2) is 6.17. The van der Waals surface area contributed by atoms with E-state index >= 15 is 0 Å². The van der Waals surface area contributed by atoms with Gasteiger partial charge in [0.05, 0.1) is 0 Å². The van der Waals surface area contributed by atoms with Crippen LogP contribution in [0.3, 0.4) is 0 Å². The molecule has 0 amide bonds. The summed E-state index contributed by atoms with van der Waals surface area (Å²) in [4.78, 5) is 15.6. The van der Waals surface area contributed by atoms with Gasteiger partial charge in [-0.15, -0.1) is 0 Å². The number of rotatable bonds is 5. The zero-order chi connectivity index (χ0) is 13.9. The van der Waals surface area contributed by atoms with Gasteiger partial charge in [0.15, 0.2) is 4.21 Å². The summed E-state index contributed by atoms with van der Waals surface area (Å²) in [5.41, 5.74) is 0.403. The van der Waals surface area contributed by atoms with Crippen LogP contribution >= 0.6 is 11.3 Å². The minimum absolute atomic E-state index is 0.0937. The molecule has 2 heterocycles. The second-order valence-electron chi connectivity index (χ2n) is 4.73. The number of likely N-dealkylation sites (tertiary alicyclic amines) is 1. The molecule has 0 spiro atoms. The normalized spacial score (nSPS) is 17.7. The van der Waals surface area contributed by atoms with Crippen LogP contribution in [0.4, 0.5) is 0 Å². The molecule has 0 aliphatic carbocycles. The van der Waals surface area contributed by atoms with Crippen LogP contribution < -0.4 is 9.60 Å². The van der Waals surface area contributed by atoms with Crippen LogP contribution in [0.5, 0.6) is 0 Å². The summed E-state index contributed by atoms with van der Waals surface area (Å²) in [6.45, 7) is 4.78. The van der Waals surface area contributed by atoms with Crippen LogP contribution in [-0.2, 0) is 10.0 Å². The van der Waals surface area contributed by atoms with E-state index in [2.05, 4.69) is 14.6 Å². The van der Waals surface area contributed by atoms with E-state index in [4.69, 9.17) is 0 Å². The van der Waals surface area contributed by atoms with Crippen LogP contribution in [0.1, 0.15) is 25.0 Å². The van der Waals surface area contributed by atoms with Crippen molar-refractivity contribution in [2.75, 3.05) is 26.2 Å². The molecule has 1 saturated heterocycles. The molecular weight excluding hydrogens is 286 g/mol. The number of nitrogens with zero attached hydrogens (tertiary/aromatic N) is 1. The molecule has 2 rings (SSSR count). The minimum atomic E-state index is -3.56. The summed E-state index contributed by atoms with van der Waals surface area (Å²) in [7, 11) is -3.56. The standard InChI is InChI=1S/C11H19N3O3S2/c1-9-10(18-11(15)13-9)19(16,17)12-5-8-14-6-3-2-4-7-14/h12H,2-8H2,1H3,(H,13,15). The molecule has 0 radical (unpaired) electrons. The van der Waals surface area contributed by atoms with E-state index in [0.29, 0.717) is 12.2 Å². The molecule has 1 aliphatic rings. The van der Waals surface area contributed by atoms with Gasteiger partial charge in [0.25, 0.3) is 10.0 Å². The molecule has 1 aliphatic heterocycles. The second-order valence-corrected chi connectivity index (χ2v) is 7.67. The molecule has 108 valence electrons. The maximum Gasteiger partial charge on any atom is 0.305 e. The number of sulfonamides is 1. The highest BCUT2D eigenvalue weighted by atomic mass is 32.2. The predicted molar refractivity (Wildman–Crippen MR) is 75.2 cm³/mol. The summed E-state index contributed by atoms with van der Waals surface area (Å²) >= 11 is 0.732. The molecule has 1 fully saturated rings. The van der Waals surface area contributed by atoms with Gasteiger partial charge in [-0.2, -0.15) is 0 Å². The van der Waals surface area contributed by atoms with E-state index in [1.807, 2.05) is 0 Å². The van der Waals surface area contributed by atoms with Crippen molar-refractivity contribution in [2.24, 2.45) is 0 Å². The van der Waals surface area contributed by atoms with Gasteiger partial charge < -0.3 is 9.88 Å². The quantitative estimate of drug-likeness (QED) is 0.830. The van der Waals surface area contributed by atoms with Gasteiger partial charge in [0.2, 0.25) is 0 Å². The number of piperidine rings is 1. The summed E-state index contributed by atoms with van der Waals surface area (Å²) < 4.78 is 26.7. The van der Waals surface area contributed by atoms with Gasteiger partial charge in [-0.3, -0.25) is 4.79 Å². The van der Waals surface area contributed by atoms with E-state index in [1.165, 1.54) is 19.3 Å². The maximum atomic E-state index is 12.0. The lowest BCUT2D eigenvalue weighted by molar-refractivity contribution is 0.233. The van der Waals surface area contributed by atoms with E-state index < -0.39 is 10.0 Å². The van der Waals surface area contributed by atoms with Crippen molar-refractivity contribution in [1.82, 2.24) is 14.6 Å². The molecule has 0 atom stereocenters. The molecule has 1 aromatic rings. The number of aromatic amines is 1. The number of aromatic nitrogens is 1. The summed E-state index contributed by atoms with van der Waals surface area (Å²) in [6.07, 6.45) is 3.63. The van der Waals surface area contributed by atoms with Gasteiger partial charge in [0, 0.05) is 18.8 Å². The predicted octanol–water partition coefficient (Wildman–Crippen LogP) is 0.509. The smallest absolute Gasteiger partial charge is 0.305 e. The highest BCUT2D eigenvalue weighted by Gasteiger charge is 2.20. The molecule has 0 saturated carbocycles. The van der Waals surface area contributed by atoms with E-state index in [-0.39, 0.29) is 9.08 Å². The third kappa shape index (κ3) is 3.88. The molecular formula is C11H19N3O3S2. The fourth-order valence-corrected chi connectivity index (χ4v) is 4.60. The topological polar surface area (TPSA) is 82.3 Å². The Morgan fingerprint density at radius 1 is 1.32 bits per heavy atom. The van der Waals surface area contributed by atoms with Crippen molar-refractivity contribution in [2.45, 2.75) is 30.4 Å². The third-order valence-corrected chi connectivity index (χ3v) is 6.26. The SMILES string of the molecule is Cc1[nH]c(=O)sc1S(=O)(=O)NCCN1CCCCC1. The van der Waals surface area contributed by atoms with Crippen molar-refractivity contribution >= 4 is 21.4 Å². The zero-order valence-corrected chi connectivity index (χ0v) is 12.6. The Morgan fingerprint density at radius 2 is 2.00 bits per heavy atom. The Kier molecular flexibility index (Phi) is 4.77. The van der Waals surface area contributed by atoms with Gasteiger partial charge in [-0.1, -0.05) is 17.8 Å². The first-order valence-electron chi connectivity index (χ1n) is 6.41. The van der Waals surface area contributed by atoms with Crippen molar-refractivity contribution < 1.29 is 8.42 Å². The number of H-pyrrole nitrogens is 1. The van der Waals surface area contributed by atoms with Gasteiger partial charge >= 0.3 is 4.87 Å². The summed E-state index contributed by atoms with van der Waals surface area (Å²) in [6, 6.07) is 0. The fraction of sp³-hybridized carbons (Fsp3) is 0.727.